The highest BCUT2D eigenvalue weighted by Crippen LogP contribution is 2.21. The van der Waals surface area contributed by atoms with Crippen molar-refractivity contribution in [3.63, 3.8) is 0 Å². The van der Waals surface area contributed by atoms with Gasteiger partial charge in [0.25, 0.3) is 0 Å². The molecule has 0 saturated carbocycles. The number of carbonyl (C=O) groups is 14. The first-order valence-corrected chi connectivity index (χ1v) is 36.8. The number of phenolic OH excluding ortho intramolecular Hbond substituents is 1. The number of carbonyl (C=O) groups excluding carboxylic acids is 13. The fourth-order valence-corrected chi connectivity index (χ4v) is 11.6. The molecule has 13 amide bonds. The number of fused-ring (bicyclic) bond motifs is 1. The monoisotopic (exact) mass is 1540 g/mol. The summed E-state index contributed by atoms with van der Waals surface area (Å²) in [5, 5.41) is 68.0. The zero-order valence-electron chi connectivity index (χ0n) is 64.2. The normalized spacial score (nSPS) is 16.1. The number of aliphatic carboxylic acids is 1. The number of nitrogens with two attached hydrogens (primary N) is 4. The molecule has 1 fully saturated rings. The molecule has 2 aromatic carbocycles. The summed E-state index contributed by atoms with van der Waals surface area (Å²) in [6, 6.07) is -3.28. The number of aliphatic hydroxyl groups excluding tert-OH is 1. The van der Waals surface area contributed by atoms with E-state index in [2.05, 4.69) is 89.4 Å². The van der Waals surface area contributed by atoms with Crippen molar-refractivity contribution in [3.05, 3.63) is 65.9 Å². The molecule has 608 valence electrons. The van der Waals surface area contributed by atoms with Crippen LogP contribution in [0.15, 0.2) is 64.7 Å². The van der Waals surface area contributed by atoms with Crippen molar-refractivity contribution in [2.75, 3.05) is 32.7 Å². The van der Waals surface area contributed by atoms with Gasteiger partial charge in [-0.25, -0.2) is 4.79 Å². The van der Waals surface area contributed by atoms with Gasteiger partial charge in [0.15, 0.2) is 11.9 Å². The molecular formula is C72H113N21O17. The number of nitrogens with zero attached hydrogens (tertiary/aromatic N) is 2. The Labute approximate surface area is 638 Å². The van der Waals surface area contributed by atoms with Crippen molar-refractivity contribution < 1.29 is 82.4 Å². The number of aliphatic hydroxyl groups is 1. The molecule has 26 N–H and O–H groups in total. The average molecular weight is 1540 g/mol. The van der Waals surface area contributed by atoms with Crippen LogP contribution in [0.5, 0.6) is 5.75 Å². The predicted octanol–water partition coefficient (Wildman–Crippen LogP) is -4.40. The summed E-state index contributed by atoms with van der Waals surface area (Å²) in [5.74, 6) is -15.3. The van der Waals surface area contributed by atoms with Crippen LogP contribution in [-0.4, -0.2) is 226 Å². The average Bonchev–Trinajstić information content (AvgIpc) is 1.58. The van der Waals surface area contributed by atoms with Gasteiger partial charge in [0.1, 0.15) is 72.2 Å². The molecule has 0 spiro atoms. The van der Waals surface area contributed by atoms with Gasteiger partial charge in [-0.2, -0.15) is 0 Å². The van der Waals surface area contributed by atoms with E-state index < -0.39 is 192 Å². The minimum Gasteiger partial charge on any atom is -0.508 e. The Balaban J connectivity index is 1.45. The number of aromatic amines is 1. The van der Waals surface area contributed by atoms with Crippen molar-refractivity contribution in [2.45, 2.75) is 213 Å². The van der Waals surface area contributed by atoms with E-state index in [1.807, 2.05) is 6.07 Å². The topological polar surface area (TPSA) is 613 Å². The zero-order chi connectivity index (χ0) is 82.2. The number of hydrogen-bond acceptors (Lipinski definition) is 19. The highest BCUT2D eigenvalue weighted by Gasteiger charge is 2.38. The minimum atomic E-state index is -1.82. The third-order valence-electron chi connectivity index (χ3n) is 18.2. The van der Waals surface area contributed by atoms with Gasteiger partial charge in [0.2, 0.25) is 76.8 Å². The number of aromatic hydroxyl groups is 1. The molecule has 0 aliphatic carbocycles. The predicted molar refractivity (Wildman–Crippen MR) is 407 cm³/mol. The van der Waals surface area contributed by atoms with E-state index in [0.717, 1.165) is 17.3 Å². The number of nitrogens with one attached hydrogen (secondary N) is 15. The number of H-pyrrole nitrogens is 1. The minimum absolute atomic E-state index is 0.0173. The van der Waals surface area contributed by atoms with Crippen molar-refractivity contribution in [3.8, 4) is 5.75 Å². The lowest BCUT2D eigenvalue weighted by Gasteiger charge is -2.29. The second kappa shape index (κ2) is 45.0. The molecule has 38 heteroatoms. The number of phenols is 1. The zero-order valence-corrected chi connectivity index (χ0v) is 64.2. The molecule has 1 aromatic heterocycles. The van der Waals surface area contributed by atoms with Crippen LogP contribution >= 0.6 is 0 Å². The number of para-hydroxylation sites is 1. The number of benzene rings is 2. The molecule has 1 saturated heterocycles. The molecule has 0 unspecified atom stereocenters. The van der Waals surface area contributed by atoms with Crippen LogP contribution in [0.3, 0.4) is 0 Å². The lowest BCUT2D eigenvalue weighted by molar-refractivity contribution is -0.143. The number of hydrogen-bond donors (Lipinski definition) is 22. The molecule has 110 heavy (non-hydrogen) atoms. The van der Waals surface area contributed by atoms with Gasteiger partial charge >= 0.3 is 5.97 Å². The van der Waals surface area contributed by atoms with Crippen LogP contribution < -0.4 is 97.4 Å². The van der Waals surface area contributed by atoms with Gasteiger partial charge in [0.05, 0.1) is 25.2 Å². The Morgan fingerprint density at radius 2 is 0.945 bits per heavy atom. The quantitative estimate of drug-likeness (QED) is 0.0144. The number of aliphatic imine (C=N–C) groups is 2. The van der Waals surface area contributed by atoms with Gasteiger partial charge in [-0.3, -0.25) is 72.3 Å². The molecule has 3 aromatic rings. The summed E-state index contributed by atoms with van der Waals surface area (Å²) in [6.07, 6.45) is 1.33. The van der Waals surface area contributed by atoms with E-state index in [9.17, 15) is 82.4 Å². The molecular weight excluding hydrogens is 1430 g/mol. The summed E-state index contributed by atoms with van der Waals surface area (Å²) in [5.41, 5.74) is 23.9. The van der Waals surface area contributed by atoms with E-state index in [1.54, 1.807) is 79.8 Å². The maximum absolute atomic E-state index is 14.4. The third-order valence-corrected chi connectivity index (χ3v) is 18.2. The molecule has 1 aliphatic heterocycles. The summed E-state index contributed by atoms with van der Waals surface area (Å²) in [4.78, 5) is 203. The van der Waals surface area contributed by atoms with Gasteiger partial charge in [-0.1, -0.05) is 92.1 Å². The maximum Gasteiger partial charge on any atom is 0.326 e. The van der Waals surface area contributed by atoms with Crippen LogP contribution in [0.1, 0.15) is 132 Å². The van der Waals surface area contributed by atoms with Gasteiger partial charge in [-0.15, -0.1) is 0 Å². The first kappa shape index (κ1) is 91.2. The largest absolute Gasteiger partial charge is 0.508 e. The van der Waals surface area contributed by atoms with Gasteiger partial charge in [-0.05, 0) is 119 Å². The Bertz CT molecular complexity index is 3720. The summed E-state index contributed by atoms with van der Waals surface area (Å²) >= 11 is 0. The summed E-state index contributed by atoms with van der Waals surface area (Å²) in [6.45, 7) is 16.2. The number of carboxylic acid groups (broad SMARTS) is 1. The second-order valence-corrected chi connectivity index (χ2v) is 28.4. The smallest absolute Gasteiger partial charge is 0.326 e. The molecule has 4 rings (SSSR count). The molecule has 1 aliphatic rings. The Kier molecular flexibility index (Phi) is 37.3. The Hall–Kier alpha value is -11.2. The highest BCUT2D eigenvalue weighted by molar-refractivity contribution is 6.00. The first-order valence-electron chi connectivity index (χ1n) is 36.8. The van der Waals surface area contributed by atoms with Crippen LogP contribution in [0.2, 0.25) is 0 Å². The van der Waals surface area contributed by atoms with E-state index in [1.165, 1.54) is 45.0 Å². The molecule has 38 nitrogen and oxygen atoms in total. The van der Waals surface area contributed by atoms with Crippen LogP contribution in [0.25, 0.3) is 10.9 Å². The standard InChI is InChI=1S/C72H113N21O17/c1-12-38(8)57(70(109)110)92-65(104)51(31-43-32-80-46-19-14-13-18-45(43)46)85-52(96)33-82-62(101)48(21-16-28-78-71(73)74)86-68(107)56(37(6)7)90-60(99)40(10)83-59(98)39(9)84-66(105)55(36(4)5)91-63(102)49(22-17-29-79-72(75)76)87-69(108)58(41(11)94)93-64(103)50(30-42-23-25-44(95)26-24-42)88-67(106)54(35(2)3)89-53(97)34-81-61(100)47-20-15-27-77-47/h13-14,18-19,23-26,32,35-41,47-51,54-58,77,80,94-95H,12,15-17,20-22,27-31,33-34H2,1-11H3,(H,81,100)(H,82,101)(H,83,98)(H,84,105)(H,85,96)(H,86,107)(H,87,108)(H,88,106)(H,89,97)(H,90,99)(H,91,102)(H,92,104)(H,93,103)(H,109,110)(H4,73,74,78)(H4,75,76,79)/t38-,39-,40-,41+,47-,48-,49-,50-,51-,54-,55-,56-,57-,58-/m0/s1. The summed E-state index contributed by atoms with van der Waals surface area (Å²) in [7, 11) is 0. The van der Waals surface area contributed by atoms with E-state index in [-0.39, 0.29) is 75.2 Å². The lowest BCUT2D eigenvalue weighted by atomic mass is 9.98. The fraction of sp³-hybridized carbons (Fsp3) is 0.583. The number of aromatic nitrogens is 1. The number of amides is 13. The van der Waals surface area contributed by atoms with E-state index in [0.29, 0.717) is 30.5 Å². The highest BCUT2D eigenvalue weighted by atomic mass is 16.4. The maximum atomic E-state index is 14.4. The number of rotatable bonds is 45. The van der Waals surface area contributed by atoms with Crippen molar-refractivity contribution in [1.82, 2.24) is 79.4 Å². The van der Waals surface area contributed by atoms with Crippen molar-refractivity contribution in [1.29, 1.82) is 0 Å². The molecule has 2 heterocycles. The van der Waals surface area contributed by atoms with Crippen LogP contribution in [0, 0.1) is 23.7 Å². The molecule has 14 atom stereocenters. The lowest BCUT2D eigenvalue weighted by Crippen LogP contribution is -2.62. The second-order valence-electron chi connectivity index (χ2n) is 28.4. The van der Waals surface area contributed by atoms with Gasteiger partial charge in [0, 0.05) is 43.0 Å². The Morgan fingerprint density at radius 1 is 0.500 bits per heavy atom. The summed E-state index contributed by atoms with van der Waals surface area (Å²) < 4.78 is 0. The Morgan fingerprint density at radius 3 is 1.46 bits per heavy atom. The molecule has 0 radical (unpaired) electrons. The SMILES string of the molecule is CC[C@H](C)[C@H](NC(=O)[C@H](Cc1c[nH]c2ccccc12)NC(=O)CNC(=O)[C@H](CCCN=C(N)N)NC(=O)[C@@H](NC(=O)[C@H](C)NC(=O)[C@H](C)NC(=O)[C@@H](NC(=O)[C@H](CCCN=C(N)N)NC(=O)[C@@H](NC(=O)[C@H](Cc1ccc(O)cc1)NC(=O)[C@@H](NC(=O)CNC(=O)[C@@H]1CCCN1)C(C)C)[C@@H](C)O)C(C)C)C(C)C)C(=O)O. The van der Waals surface area contributed by atoms with Crippen molar-refractivity contribution >= 4 is 106 Å². The number of guanidine groups is 2. The van der Waals surface area contributed by atoms with Gasteiger partial charge < -0.3 is 118 Å². The number of carboxylic acids is 1. The first-order chi connectivity index (χ1) is 51.8. The van der Waals surface area contributed by atoms with E-state index >= 15 is 0 Å². The van der Waals surface area contributed by atoms with Crippen LogP contribution in [-0.2, 0) is 80.0 Å². The van der Waals surface area contributed by atoms with Crippen molar-refractivity contribution in [2.24, 2.45) is 56.6 Å². The third kappa shape index (κ3) is 30.1. The van der Waals surface area contributed by atoms with Crippen LogP contribution in [0.4, 0.5) is 0 Å². The van der Waals surface area contributed by atoms with E-state index in [4.69, 9.17) is 22.9 Å². The molecule has 0 bridgehead atoms. The fourth-order valence-electron chi connectivity index (χ4n) is 11.6.